The summed E-state index contributed by atoms with van der Waals surface area (Å²) in [6, 6.07) is 0.627. The second-order valence-electron chi connectivity index (χ2n) is 5.37. The molecule has 1 aliphatic heterocycles. The van der Waals surface area contributed by atoms with Crippen LogP contribution in [0.1, 0.15) is 39.5 Å². The molecule has 2 aliphatic rings. The lowest BCUT2D eigenvalue weighted by Gasteiger charge is -2.54. The Labute approximate surface area is 98.9 Å². The van der Waals surface area contributed by atoms with E-state index in [1.807, 2.05) is 0 Å². The van der Waals surface area contributed by atoms with Gasteiger partial charge in [-0.25, -0.2) is 0 Å². The largest absolute Gasteiger partial charge is 0.381 e. The fraction of sp³-hybridized carbons (Fsp3) is 1.00. The number of rotatable bonds is 4. The lowest BCUT2D eigenvalue weighted by Crippen LogP contribution is -2.62. The maximum absolute atomic E-state index is 6.25. The number of hydrogen-bond donors (Lipinski definition) is 1. The Morgan fingerprint density at radius 3 is 2.62 bits per heavy atom. The molecule has 1 heterocycles. The summed E-state index contributed by atoms with van der Waals surface area (Å²) in [5.41, 5.74) is 0.326. The van der Waals surface area contributed by atoms with Crippen LogP contribution in [0.25, 0.3) is 0 Å². The lowest BCUT2D eigenvalue weighted by molar-refractivity contribution is -0.171. The molecule has 3 heteroatoms. The predicted octanol–water partition coefficient (Wildman–Crippen LogP) is 1.96. The van der Waals surface area contributed by atoms with Crippen molar-refractivity contribution in [3.8, 4) is 0 Å². The van der Waals surface area contributed by atoms with Crippen LogP contribution in [0, 0.1) is 5.41 Å². The number of ether oxygens (including phenoxy) is 2. The molecule has 2 fully saturated rings. The number of hydrogen-bond acceptors (Lipinski definition) is 3. The van der Waals surface area contributed by atoms with Gasteiger partial charge in [0.2, 0.25) is 0 Å². The van der Waals surface area contributed by atoms with E-state index in [-0.39, 0.29) is 0 Å². The normalized spacial score (nSPS) is 40.7. The zero-order valence-electron chi connectivity index (χ0n) is 10.8. The standard InChI is InChI=1S/C13H25NO2/c1-4-13(2)11(14-3)9-12(13)16-10-5-7-15-8-6-10/h10-12,14H,4-9H2,1-3H3. The van der Waals surface area contributed by atoms with Gasteiger partial charge in [-0.05, 0) is 32.7 Å². The summed E-state index contributed by atoms with van der Waals surface area (Å²) in [6.07, 6.45) is 5.37. The Balaban J connectivity index is 1.86. The van der Waals surface area contributed by atoms with E-state index in [4.69, 9.17) is 9.47 Å². The fourth-order valence-electron chi connectivity index (χ4n) is 2.99. The quantitative estimate of drug-likeness (QED) is 0.796. The highest BCUT2D eigenvalue weighted by atomic mass is 16.5. The number of nitrogens with one attached hydrogen (secondary N) is 1. The molecule has 3 unspecified atom stereocenters. The third kappa shape index (κ3) is 2.13. The van der Waals surface area contributed by atoms with Crippen molar-refractivity contribution >= 4 is 0 Å². The third-order valence-electron chi connectivity index (χ3n) is 4.62. The summed E-state index contributed by atoms with van der Waals surface area (Å²) in [4.78, 5) is 0. The van der Waals surface area contributed by atoms with E-state index < -0.39 is 0 Å². The maximum Gasteiger partial charge on any atom is 0.0662 e. The van der Waals surface area contributed by atoms with Gasteiger partial charge in [0.25, 0.3) is 0 Å². The molecule has 2 rings (SSSR count). The van der Waals surface area contributed by atoms with Crippen LogP contribution < -0.4 is 5.32 Å². The van der Waals surface area contributed by atoms with E-state index in [1.165, 1.54) is 6.42 Å². The molecular formula is C13H25NO2. The van der Waals surface area contributed by atoms with Crippen molar-refractivity contribution in [3.05, 3.63) is 0 Å². The minimum absolute atomic E-state index is 0.326. The van der Waals surface area contributed by atoms with Crippen LogP contribution in [0.4, 0.5) is 0 Å². The molecule has 1 N–H and O–H groups in total. The molecule has 3 nitrogen and oxygen atoms in total. The Morgan fingerprint density at radius 2 is 2.06 bits per heavy atom. The first-order chi connectivity index (χ1) is 7.70. The first-order valence-corrected chi connectivity index (χ1v) is 6.61. The van der Waals surface area contributed by atoms with Gasteiger partial charge in [0.1, 0.15) is 0 Å². The van der Waals surface area contributed by atoms with Gasteiger partial charge in [0.05, 0.1) is 12.2 Å². The smallest absolute Gasteiger partial charge is 0.0662 e. The molecule has 0 aromatic rings. The average Bonchev–Trinajstić information content (AvgIpc) is 2.34. The van der Waals surface area contributed by atoms with Gasteiger partial charge in [-0.15, -0.1) is 0 Å². The second-order valence-corrected chi connectivity index (χ2v) is 5.37. The van der Waals surface area contributed by atoms with Crippen LogP contribution in [0.3, 0.4) is 0 Å². The van der Waals surface area contributed by atoms with Crippen LogP contribution in [0.5, 0.6) is 0 Å². The Morgan fingerprint density at radius 1 is 1.38 bits per heavy atom. The van der Waals surface area contributed by atoms with Crippen molar-refractivity contribution in [2.45, 2.75) is 57.8 Å². The lowest BCUT2D eigenvalue weighted by atomic mass is 9.61. The van der Waals surface area contributed by atoms with Crippen molar-refractivity contribution in [2.75, 3.05) is 20.3 Å². The molecule has 0 aromatic carbocycles. The topological polar surface area (TPSA) is 30.5 Å². The molecular weight excluding hydrogens is 202 g/mol. The van der Waals surface area contributed by atoms with Gasteiger partial charge in [-0.3, -0.25) is 0 Å². The Kier molecular flexibility index (Phi) is 3.88. The summed E-state index contributed by atoms with van der Waals surface area (Å²) < 4.78 is 11.6. The highest BCUT2D eigenvalue weighted by Crippen LogP contribution is 2.46. The van der Waals surface area contributed by atoms with E-state index in [0.717, 1.165) is 32.5 Å². The van der Waals surface area contributed by atoms with Crippen molar-refractivity contribution < 1.29 is 9.47 Å². The molecule has 0 aromatic heterocycles. The zero-order valence-corrected chi connectivity index (χ0v) is 10.8. The first kappa shape index (κ1) is 12.3. The van der Waals surface area contributed by atoms with Gasteiger partial charge < -0.3 is 14.8 Å². The highest BCUT2D eigenvalue weighted by molar-refractivity contribution is 5.04. The van der Waals surface area contributed by atoms with Crippen molar-refractivity contribution in [1.29, 1.82) is 0 Å². The fourth-order valence-corrected chi connectivity index (χ4v) is 2.99. The van der Waals surface area contributed by atoms with Crippen LogP contribution >= 0.6 is 0 Å². The molecule has 3 atom stereocenters. The van der Waals surface area contributed by atoms with E-state index in [2.05, 4.69) is 26.2 Å². The summed E-state index contributed by atoms with van der Waals surface area (Å²) in [7, 11) is 2.06. The van der Waals surface area contributed by atoms with Crippen LogP contribution in [-0.2, 0) is 9.47 Å². The summed E-state index contributed by atoms with van der Waals surface area (Å²) >= 11 is 0. The molecule has 0 amide bonds. The maximum atomic E-state index is 6.25. The molecule has 1 aliphatic carbocycles. The van der Waals surface area contributed by atoms with Gasteiger partial charge in [0, 0.05) is 24.7 Å². The summed E-state index contributed by atoms with van der Waals surface area (Å²) in [6.45, 7) is 6.36. The molecule has 0 spiro atoms. The van der Waals surface area contributed by atoms with Crippen LogP contribution in [0.15, 0.2) is 0 Å². The van der Waals surface area contributed by atoms with Crippen molar-refractivity contribution in [1.82, 2.24) is 5.32 Å². The molecule has 1 saturated carbocycles. The van der Waals surface area contributed by atoms with E-state index in [0.29, 0.717) is 23.7 Å². The molecule has 0 bridgehead atoms. The molecule has 16 heavy (non-hydrogen) atoms. The third-order valence-corrected chi connectivity index (χ3v) is 4.62. The minimum atomic E-state index is 0.326. The zero-order chi connectivity index (χ0) is 11.6. The second kappa shape index (κ2) is 5.03. The first-order valence-electron chi connectivity index (χ1n) is 6.61. The Bertz CT molecular complexity index is 228. The van der Waals surface area contributed by atoms with Crippen molar-refractivity contribution in [3.63, 3.8) is 0 Å². The Hall–Kier alpha value is -0.120. The van der Waals surface area contributed by atoms with Gasteiger partial charge in [0.15, 0.2) is 0 Å². The van der Waals surface area contributed by atoms with Crippen LogP contribution in [0.2, 0.25) is 0 Å². The van der Waals surface area contributed by atoms with Gasteiger partial charge in [-0.1, -0.05) is 13.8 Å². The summed E-state index contributed by atoms with van der Waals surface area (Å²) in [5, 5.41) is 3.41. The monoisotopic (exact) mass is 227 g/mol. The van der Waals surface area contributed by atoms with E-state index in [1.54, 1.807) is 0 Å². The predicted molar refractivity (Wildman–Crippen MR) is 64.6 cm³/mol. The van der Waals surface area contributed by atoms with Gasteiger partial charge in [-0.2, -0.15) is 0 Å². The van der Waals surface area contributed by atoms with Crippen molar-refractivity contribution in [2.24, 2.45) is 5.41 Å². The SMILES string of the molecule is CCC1(C)C(NC)CC1OC1CCOCC1. The average molecular weight is 227 g/mol. The minimum Gasteiger partial charge on any atom is -0.381 e. The molecule has 0 radical (unpaired) electrons. The molecule has 94 valence electrons. The molecule has 1 saturated heterocycles. The van der Waals surface area contributed by atoms with Gasteiger partial charge >= 0.3 is 0 Å². The van der Waals surface area contributed by atoms with E-state index >= 15 is 0 Å². The highest BCUT2D eigenvalue weighted by Gasteiger charge is 2.51. The summed E-state index contributed by atoms with van der Waals surface area (Å²) in [5.74, 6) is 0. The van der Waals surface area contributed by atoms with Crippen LogP contribution in [-0.4, -0.2) is 38.5 Å². The van der Waals surface area contributed by atoms with E-state index in [9.17, 15) is 0 Å².